The lowest BCUT2D eigenvalue weighted by atomic mass is 10.1. The Labute approximate surface area is 79.4 Å². The number of nitrogens with zero attached hydrogens (tertiary/aromatic N) is 1. The highest BCUT2D eigenvalue weighted by molar-refractivity contribution is 5.66. The Morgan fingerprint density at radius 3 is 2.15 bits per heavy atom. The Bertz CT molecular complexity index is 172. The molecule has 1 N–H and O–H groups in total. The number of aliphatic carboxylic acids is 1. The molecule has 0 saturated heterocycles. The Hall–Kier alpha value is -1.04. The fourth-order valence-electron chi connectivity index (χ4n) is 1.19. The molecule has 0 atom stereocenters. The maximum absolute atomic E-state index is 10.1. The average Bonchev–Trinajstić information content (AvgIpc) is 2.09. The molecule has 0 saturated carbocycles. The molecule has 0 aromatic rings. The molecule has 0 unspecified atom stereocenters. The molecule has 0 aliphatic carbocycles. The molecule has 0 aliphatic heterocycles. The van der Waals surface area contributed by atoms with E-state index >= 15 is 0 Å². The van der Waals surface area contributed by atoms with Crippen LogP contribution in [0.5, 0.6) is 0 Å². The highest BCUT2D eigenvalue weighted by Gasteiger charge is 1.95. The Kier molecular flexibility index (Phi) is 8.33. The molecule has 0 amide bonds. The zero-order valence-corrected chi connectivity index (χ0v) is 7.96. The first-order valence-electron chi connectivity index (χ1n) is 4.86. The third-order valence-corrected chi connectivity index (χ3v) is 1.93. The minimum absolute atomic E-state index is 0.290. The van der Waals surface area contributed by atoms with Gasteiger partial charge >= 0.3 is 5.97 Å². The van der Waals surface area contributed by atoms with Crippen molar-refractivity contribution in [2.75, 3.05) is 0 Å². The number of carboxylic acids is 1. The third kappa shape index (κ3) is 11.0. The van der Waals surface area contributed by atoms with E-state index in [4.69, 9.17) is 10.4 Å². The predicted molar refractivity (Wildman–Crippen MR) is 50.2 cm³/mol. The highest BCUT2D eigenvalue weighted by Crippen LogP contribution is 2.07. The van der Waals surface area contributed by atoms with Gasteiger partial charge in [-0.2, -0.15) is 5.26 Å². The van der Waals surface area contributed by atoms with Gasteiger partial charge in [-0.3, -0.25) is 4.79 Å². The number of hydrogen-bond acceptors (Lipinski definition) is 2. The molecule has 0 rings (SSSR count). The van der Waals surface area contributed by atoms with Gasteiger partial charge in [-0.1, -0.05) is 25.7 Å². The SMILES string of the molecule is N#CCCCCCCCCC(=O)O. The van der Waals surface area contributed by atoms with Crippen molar-refractivity contribution in [3.05, 3.63) is 0 Å². The van der Waals surface area contributed by atoms with Gasteiger partial charge in [0.1, 0.15) is 0 Å². The molecule has 0 fully saturated rings. The minimum Gasteiger partial charge on any atom is -0.481 e. The third-order valence-electron chi connectivity index (χ3n) is 1.93. The van der Waals surface area contributed by atoms with Crippen LogP contribution in [0, 0.1) is 11.3 Å². The number of unbranched alkanes of at least 4 members (excludes halogenated alkanes) is 6. The van der Waals surface area contributed by atoms with Crippen LogP contribution in [-0.2, 0) is 4.79 Å². The van der Waals surface area contributed by atoms with Gasteiger partial charge in [-0.25, -0.2) is 0 Å². The van der Waals surface area contributed by atoms with Crippen LogP contribution in [0.2, 0.25) is 0 Å². The second-order valence-electron chi connectivity index (χ2n) is 3.17. The molecule has 3 nitrogen and oxygen atoms in total. The fourth-order valence-corrected chi connectivity index (χ4v) is 1.19. The maximum Gasteiger partial charge on any atom is 0.303 e. The summed E-state index contributed by atoms with van der Waals surface area (Å²) in [5.74, 6) is -0.704. The lowest BCUT2D eigenvalue weighted by Crippen LogP contribution is -1.93. The summed E-state index contributed by atoms with van der Waals surface area (Å²) in [6.07, 6.45) is 7.02. The van der Waals surface area contributed by atoms with Crippen LogP contribution >= 0.6 is 0 Å². The molecule has 0 heterocycles. The first-order valence-corrected chi connectivity index (χ1v) is 4.86. The first kappa shape index (κ1) is 12.0. The summed E-state index contributed by atoms with van der Waals surface area (Å²) in [6, 6.07) is 2.11. The van der Waals surface area contributed by atoms with Gasteiger partial charge in [0.15, 0.2) is 0 Å². The summed E-state index contributed by atoms with van der Waals surface area (Å²) in [5, 5.41) is 16.6. The quantitative estimate of drug-likeness (QED) is 0.588. The molecule has 74 valence electrons. The molecular formula is C10H17NO2. The van der Waals surface area contributed by atoms with Crippen molar-refractivity contribution in [1.29, 1.82) is 5.26 Å². The molecular weight excluding hydrogens is 166 g/mol. The molecule has 0 aliphatic rings. The van der Waals surface area contributed by atoms with Gasteiger partial charge in [0.05, 0.1) is 6.07 Å². The van der Waals surface area contributed by atoms with Gasteiger partial charge in [0.25, 0.3) is 0 Å². The minimum atomic E-state index is -0.704. The number of carboxylic acid groups (broad SMARTS) is 1. The number of hydrogen-bond donors (Lipinski definition) is 1. The van der Waals surface area contributed by atoms with E-state index in [1.807, 2.05) is 0 Å². The molecule has 0 aromatic carbocycles. The van der Waals surface area contributed by atoms with Crippen LogP contribution in [-0.4, -0.2) is 11.1 Å². The van der Waals surface area contributed by atoms with E-state index in [0.29, 0.717) is 6.42 Å². The smallest absolute Gasteiger partial charge is 0.303 e. The van der Waals surface area contributed by atoms with Crippen LogP contribution in [0.4, 0.5) is 0 Å². The highest BCUT2D eigenvalue weighted by atomic mass is 16.4. The number of rotatable bonds is 8. The topological polar surface area (TPSA) is 61.1 Å². The largest absolute Gasteiger partial charge is 0.481 e. The zero-order valence-electron chi connectivity index (χ0n) is 7.96. The van der Waals surface area contributed by atoms with Crippen LogP contribution in [0.15, 0.2) is 0 Å². The van der Waals surface area contributed by atoms with Gasteiger partial charge in [-0.15, -0.1) is 0 Å². The molecule has 0 bridgehead atoms. The Morgan fingerprint density at radius 2 is 1.62 bits per heavy atom. The Balaban J connectivity index is 2.92. The van der Waals surface area contributed by atoms with E-state index < -0.39 is 5.97 Å². The number of nitriles is 1. The van der Waals surface area contributed by atoms with E-state index in [1.54, 1.807) is 0 Å². The standard InChI is InChI=1S/C10H17NO2/c11-9-7-5-3-1-2-4-6-8-10(12)13/h1-8H2,(H,12,13). The van der Waals surface area contributed by atoms with Crippen molar-refractivity contribution in [3.8, 4) is 6.07 Å². The first-order chi connectivity index (χ1) is 6.27. The summed E-state index contributed by atoms with van der Waals surface area (Å²) in [6.45, 7) is 0. The fraction of sp³-hybridized carbons (Fsp3) is 0.800. The van der Waals surface area contributed by atoms with Crippen molar-refractivity contribution in [2.24, 2.45) is 0 Å². The summed E-state index contributed by atoms with van der Waals surface area (Å²) in [4.78, 5) is 10.1. The van der Waals surface area contributed by atoms with Gasteiger partial charge in [-0.05, 0) is 12.8 Å². The van der Waals surface area contributed by atoms with E-state index in [2.05, 4.69) is 6.07 Å². The van der Waals surface area contributed by atoms with Crippen molar-refractivity contribution >= 4 is 5.97 Å². The molecule has 0 aromatic heterocycles. The Morgan fingerprint density at radius 1 is 1.08 bits per heavy atom. The molecule has 0 spiro atoms. The van der Waals surface area contributed by atoms with Gasteiger partial charge in [0, 0.05) is 12.8 Å². The van der Waals surface area contributed by atoms with Crippen LogP contribution < -0.4 is 0 Å². The van der Waals surface area contributed by atoms with E-state index in [1.165, 1.54) is 0 Å². The van der Waals surface area contributed by atoms with E-state index in [-0.39, 0.29) is 6.42 Å². The van der Waals surface area contributed by atoms with Crippen LogP contribution in [0.1, 0.15) is 51.4 Å². The lowest BCUT2D eigenvalue weighted by Gasteiger charge is -1.97. The van der Waals surface area contributed by atoms with E-state index in [9.17, 15) is 4.79 Å². The predicted octanol–water partition coefficient (Wildman–Crippen LogP) is 2.72. The van der Waals surface area contributed by atoms with Gasteiger partial charge < -0.3 is 5.11 Å². The lowest BCUT2D eigenvalue weighted by molar-refractivity contribution is -0.137. The summed E-state index contributed by atoms with van der Waals surface area (Å²) in [5.41, 5.74) is 0. The number of carbonyl (C=O) groups is 1. The van der Waals surface area contributed by atoms with Crippen molar-refractivity contribution < 1.29 is 9.90 Å². The van der Waals surface area contributed by atoms with Gasteiger partial charge in [0.2, 0.25) is 0 Å². The van der Waals surface area contributed by atoms with Crippen LogP contribution in [0.25, 0.3) is 0 Å². The monoisotopic (exact) mass is 183 g/mol. The molecule has 3 heteroatoms. The molecule has 0 radical (unpaired) electrons. The average molecular weight is 183 g/mol. The maximum atomic E-state index is 10.1. The molecule has 13 heavy (non-hydrogen) atoms. The van der Waals surface area contributed by atoms with E-state index in [0.717, 1.165) is 38.5 Å². The van der Waals surface area contributed by atoms with Crippen LogP contribution in [0.3, 0.4) is 0 Å². The summed E-state index contributed by atoms with van der Waals surface area (Å²) in [7, 11) is 0. The summed E-state index contributed by atoms with van der Waals surface area (Å²) < 4.78 is 0. The second-order valence-corrected chi connectivity index (χ2v) is 3.17. The summed E-state index contributed by atoms with van der Waals surface area (Å²) >= 11 is 0. The van der Waals surface area contributed by atoms with Crippen molar-refractivity contribution in [1.82, 2.24) is 0 Å². The normalized spacial score (nSPS) is 9.46. The zero-order chi connectivity index (χ0) is 9.94. The van der Waals surface area contributed by atoms with Crippen molar-refractivity contribution in [3.63, 3.8) is 0 Å². The van der Waals surface area contributed by atoms with Crippen molar-refractivity contribution in [2.45, 2.75) is 51.4 Å². The second kappa shape index (κ2) is 9.05.